The van der Waals surface area contributed by atoms with Crippen LogP contribution in [0.15, 0.2) is 36.9 Å². The monoisotopic (exact) mass is 289 g/mol. The van der Waals surface area contributed by atoms with Crippen molar-refractivity contribution in [1.29, 1.82) is 0 Å². The first-order valence-electron chi connectivity index (χ1n) is 7.52. The topological polar surface area (TPSA) is 49.8 Å². The number of carbonyl (C=O) groups excluding carboxylic acids is 1. The second kappa shape index (κ2) is 7.84. The Morgan fingerprint density at radius 1 is 1.48 bits per heavy atom. The van der Waals surface area contributed by atoms with E-state index in [-0.39, 0.29) is 18.6 Å². The van der Waals surface area contributed by atoms with Crippen molar-refractivity contribution in [3.8, 4) is 5.75 Å². The van der Waals surface area contributed by atoms with Crippen molar-refractivity contribution in [3.05, 3.63) is 42.5 Å². The Kier molecular flexibility index (Phi) is 5.81. The third-order valence-electron chi connectivity index (χ3n) is 3.81. The van der Waals surface area contributed by atoms with Crippen LogP contribution in [0.4, 0.5) is 0 Å². The Labute approximate surface area is 126 Å². The zero-order chi connectivity index (χ0) is 15.1. The van der Waals surface area contributed by atoms with Gasteiger partial charge in [0.25, 0.3) is 5.91 Å². The van der Waals surface area contributed by atoms with E-state index >= 15 is 0 Å². The SMILES string of the molecule is C=CCOc1ccccc1C(=O)N1CCCC1CCCO. The molecular formula is C17H23NO3. The lowest BCUT2D eigenvalue weighted by molar-refractivity contribution is 0.0720. The van der Waals surface area contributed by atoms with Gasteiger partial charge in [0, 0.05) is 19.2 Å². The fourth-order valence-corrected chi connectivity index (χ4v) is 2.80. The number of hydrogen-bond donors (Lipinski definition) is 1. The fourth-order valence-electron chi connectivity index (χ4n) is 2.80. The first-order chi connectivity index (χ1) is 10.3. The molecule has 21 heavy (non-hydrogen) atoms. The van der Waals surface area contributed by atoms with Crippen LogP contribution in [-0.2, 0) is 0 Å². The summed E-state index contributed by atoms with van der Waals surface area (Å²) in [6.07, 6.45) is 5.31. The van der Waals surface area contributed by atoms with E-state index in [1.54, 1.807) is 6.08 Å². The lowest BCUT2D eigenvalue weighted by Crippen LogP contribution is -2.35. The number of para-hydroxylation sites is 1. The van der Waals surface area contributed by atoms with E-state index in [1.807, 2.05) is 29.2 Å². The average molecular weight is 289 g/mol. The van der Waals surface area contributed by atoms with Crippen LogP contribution in [0.1, 0.15) is 36.0 Å². The minimum atomic E-state index is 0.0232. The predicted molar refractivity (Wildman–Crippen MR) is 82.5 cm³/mol. The maximum atomic E-state index is 12.8. The minimum absolute atomic E-state index is 0.0232. The summed E-state index contributed by atoms with van der Waals surface area (Å²) in [5, 5.41) is 8.98. The lowest BCUT2D eigenvalue weighted by atomic mass is 10.1. The van der Waals surface area contributed by atoms with Gasteiger partial charge in [0.2, 0.25) is 0 Å². The highest BCUT2D eigenvalue weighted by atomic mass is 16.5. The molecule has 0 radical (unpaired) electrons. The molecule has 0 aliphatic carbocycles. The number of aliphatic hydroxyl groups excluding tert-OH is 1. The summed E-state index contributed by atoms with van der Waals surface area (Å²) >= 11 is 0. The largest absolute Gasteiger partial charge is 0.489 e. The summed E-state index contributed by atoms with van der Waals surface area (Å²) in [7, 11) is 0. The van der Waals surface area contributed by atoms with Gasteiger partial charge in [-0.1, -0.05) is 24.8 Å². The van der Waals surface area contributed by atoms with Crippen LogP contribution >= 0.6 is 0 Å². The first kappa shape index (κ1) is 15.6. The van der Waals surface area contributed by atoms with Crippen molar-refractivity contribution in [3.63, 3.8) is 0 Å². The molecule has 1 aliphatic rings. The maximum absolute atomic E-state index is 12.8. The Hall–Kier alpha value is -1.81. The highest BCUT2D eigenvalue weighted by Crippen LogP contribution is 2.27. The molecule has 114 valence electrons. The van der Waals surface area contributed by atoms with E-state index < -0.39 is 0 Å². The van der Waals surface area contributed by atoms with Crippen LogP contribution in [0, 0.1) is 0 Å². The highest BCUT2D eigenvalue weighted by Gasteiger charge is 2.30. The molecule has 1 saturated heterocycles. The van der Waals surface area contributed by atoms with Gasteiger partial charge in [-0.3, -0.25) is 4.79 Å². The average Bonchev–Trinajstić information content (AvgIpc) is 2.99. The number of likely N-dealkylation sites (tertiary alicyclic amines) is 1. The Balaban J connectivity index is 2.13. The summed E-state index contributed by atoms with van der Waals surface area (Å²) in [5.41, 5.74) is 0.607. The van der Waals surface area contributed by atoms with E-state index in [0.717, 1.165) is 32.2 Å². The lowest BCUT2D eigenvalue weighted by Gasteiger charge is -2.25. The molecular weight excluding hydrogens is 266 g/mol. The number of amides is 1. The summed E-state index contributed by atoms with van der Waals surface area (Å²) in [4.78, 5) is 14.7. The first-order valence-corrected chi connectivity index (χ1v) is 7.52. The molecule has 1 N–H and O–H groups in total. The summed E-state index contributed by atoms with van der Waals surface area (Å²) in [6.45, 7) is 4.98. The molecule has 1 fully saturated rings. The standard InChI is InChI=1S/C17H23NO3/c1-2-13-21-16-10-4-3-9-15(16)17(20)18-11-5-7-14(18)8-6-12-19/h2-4,9-10,14,19H,1,5-8,11-13H2. The van der Waals surface area contributed by atoms with Crippen LogP contribution in [0.25, 0.3) is 0 Å². The van der Waals surface area contributed by atoms with E-state index in [2.05, 4.69) is 6.58 Å². The van der Waals surface area contributed by atoms with Crippen molar-refractivity contribution in [2.75, 3.05) is 19.8 Å². The van der Waals surface area contributed by atoms with Crippen LogP contribution in [0.3, 0.4) is 0 Å². The van der Waals surface area contributed by atoms with Gasteiger partial charge in [0.15, 0.2) is 0 Å². The normalized spacial score (nSPS) is 17.8. The number of aliphatic hydroxyl groups is 1. The summed E-state index contributed by atoms with van der Waals surface area (Å²) in [6, 6.07) is 7.57. The molecule has 1 aromatic rings. The molecule has 1 amide bonds. The van der Waals surface area contributed by atoms with Gasteiger partial charge in [-0.25, -0.2) is 0 Å². The number of ether oxygens (including phenoxy) is 1. The molecule has 1 aliphatic heterocycles. The zero-order valence-electron chi connectivity index (χ0n) is 12.3. The van der Waals surface area contributed by atoms with Crippen LogP contribution < -0.4 is 4.74 Å². The second-order valence-corrected chi connectivity index (χ2v) is 5.26. The molecule has 4 nitrogen and oxygen atoms in total. The summed E-state index contributed by atoms with van der Waals surface area (Å²) < 4.78 is 5.58. The van der Waals surface area contributed by atoms with Crippen LogP contribution in [0.5, 0.6) is 5.75 Å². The molecule has 1 atom stereocenters. The fraction of sp³-hybridized carbons (Fsp3) is 0.471. The Morgan fingerprint density at radius 3 is 3.05 bits per heavy atom. The number of hydrogen-bond acceptors (Lipinski definition) is 3. The quantitative estimate of drug-likeness (QED) is 0.785. The highest BCUT2D eigenvalue weighted by molar-refractivity contribution is 5.97. The zero-order valence-corrected chi connectivity index (χ0v) is 12.3. The van der Waals surface area contributed by atoms with Crippen molar-refractivity contribution >= 4 is 5.91 Å². The van der Waals surface area contributed by atoms with Crippen LogP contribution in [-0.4, -0.2) is 41.7 Å². The maximum Gasteiger partial charge on any atom is 0.257 e. The van der Waals surface area contributed by atoms with E-state index in [0.29, 0.717) is 17.9 Å². The molecule has 0 saturated carbocycles. The Morgan fingerprint density at radius 2 is 2.29 bits per heavy atom. The predicted octanol–water partition coefficient (Wildman–Crippen LogP) is 2.63. The molecule has 0 aromatic heterocycles. The van der Waals surface area contributed by atoms with Gasteiger partial charge in [-0.15, -0.1) is 0 Å². The summed E-state index contributed by atoms with van der Waals surface area (Å²) in [5.74, 6) is 0.630. The number of benzene rings is 1. The van der Waals surface area contributed by atoms with Gasteiger partial charge >= 0.3 is 0 Å². The second-order valence-electron chi connectivity index (χ2n) is 5.26. The molecule has 1 aromatic carbocycles. The number of carbonyl (C=O) groups is 1. The van der Waals surface area contributed by atoms with Gasteiger partial charge in [-0.2, -0.15) is 0 Å². The van der Waals surface area contributed by atoms with Crippen LogP contribution in [0.2, 0.25) is 0 Å². The third-order valence-corrected chi connectivity index (χ3v) is 3.81. The third kappa shape index (κ3) is 3.85. The van der Waals surface area contributed by atoms with Gasteiger partial charge in [0.05, 0.1) is 5.56 Å². The van der Waals surface area contributed by atoms with E-state index in [9.17, 15) is 4.79 Å². The van der Waals surface area contributed by atoms with E-state index in [4.69, 9.17) is 9.84 Å². The van der Waals surface area contributed by atoms with E-state index in [1.165, 1.54) is 0 Å². The molecule has 4 heteroatoms. The number of nitrogens with zero attached hydrogens (tertiary/aromatic N) is 1. The smallest absolute Gasteiger partial charge is 0.257 e. The van der Waals surface area contributed by atoms with Crippen molar-refractivity contribution in [2.24, 2.45) is 0 Å². The number of rotatable bonds is 7. The molecule has 0 spiro atoms. The van der Waals surface area contributed by atoms with Crippen molar-refractivity contribution in [1.82, 2.24) is 4.90 Å². The van der Waals surface area contributed by atoms with Crippen molar-refractivity contribution < 1.29 is 14.6 Å². The molecule has 1 heterocycles. The Bertz CT molecular complexity index is 487. The molecule has 1 unspecified atom stereocenters. The van der Waals surface area contributed by atoms with Gasteiger partial charge < -0.3 is 14.7 Å². The van der Waals surface area contributed by atoms with Crippen molar-refractivity contribution in [2.45, 2.75) is 31.7 Å². The van der Waals surface area contributed by atoms with Gasteiger partial charge in [0.1, 0.15) is 12.4 Å². The molecule has 2 rings (SSSR count). The minimum Gasteiger partial charge on any atom is -0.489 e. The molecule has 0 bridgehead atoms. The van der Waals surface area contributed by atoms with Gasteiger partial charge in [-0.05, 0) is 37.8 Å².